The molecule has 126 valence electrons. The first-order valence-corrected chi connectivity index (χ1v) is 8.78. The first-order chi connectivity index (χ1) is 11.6. The van der Waals surface area contributed by atoms with Crippen LogP contribution in [-0.2, 0) is 24.2 Å². The fraction of sp³-hybridized carbons (Fsp3) is 0.350. The molecule has 1 aliphatic rings. The molecule has 2 aromatic carbocycles. The lowest BCUT2D eigenvalue weighted by atomic mass is 9.94. The molecular formula is C20H23ClN2O. The van der Waals surface area contributed by atoms with Crippen molar-refractivity contribution in [1.29, 1.82) is 0 Å². The second-order valence-electron chi connectivity index (χ2n) is 6.48. The Labute approximate surface area is 148 Å². The number of nitrogens with one attached hydrogen (secondary N) is 1. The van der Waals surface area contributed by atoms with E-state index in [9.17, 15) is 4.79 Å². The van der Waals surface area contributed by atoms with E-state index < -0.39 is 0 Å². The molecule has 1 aliphatic heterocycles. The number of amides is 1. The third-order valence-electron chi connectivity index (χ3n) is 4.69. The Hall–Kier alpha value is -1.84. The van der Waals surface area contributed by atoms with Gasteiger partial charge in [-0.05, 0) is 48.7 Å². The fourth-order valence-corrected chi connectivity index (χ4v) is 3.39. The maximum atomic E-state index is 12.1. The van der Waals surface area contributed by atoms with Gasteiger partial charge in [-0.25, -0.2) is 0 Å². The Kier molecular flexibility index (Phi) is 5.54. The van der Waals surface area contributed by atoms with Crippen LogP contribution >= 0.6 is 11.6 Å². The molecule has 1 N–H and O–H groups in total. The number of carbonyl (C=O) groups is 1. The number of hydrogen-bond donors (Lipinski definition) is 1. The van der Waals surface area contributed by atoms with E-state index in [-0.39, 0.29) is 5.91 Å². The van der Waals surface area contributed by atoms with Crippen LogP contribution in [0.2, 0.25) is 5.02 Å². The number of benzene rings is 2. The third kappa shape index (κ3) is 4.37. The van der Waals surface area contributed by atoms with Crippen LogP contribution < -0.4 is 5.32 Å². The highest BCUT2D eigenvalue weighted by Gasteiger charge is 2.23. The lowest BCUT2D eigenvalue weighted by molar-refractivity contribution is -0.121. The zero-order valence-corrected chi connectivity index (χ0v) is 14.7. The Balaban J connectivity index is 1.50. The molecule has 0 aromatic heterocycles. The third-order valence-corrected chi connectivity index (χ3v) is 4.92. The van der Waals surface area contributed by atoms with Crippen molar-refractivity contribution in [2.24, 2.45) is 0 Å². The van der Waals surface area contributed by atoms with E-state index in [1.54, 1.807) is 0 Å². The molecule has 1 amide bonds. The topological polar surface area (TPSA) is 32.3 Å². The largest absolute Gasteiger partial charge is 0.355 e. The zero-order chi connectivity index (χ0) is 16.9. The summed E-state index contributed by atoms with van der Waals surface area (Å²) in [5.74, 6) is 0.115. The molecule has 0 radical (unpaired) electrons. The number of fused-ring (bicyclic) bond motifs is 1. The van der Waals surface area contributed by atoms with Crippen LogP contribution in [0.4, 0.5) is 0 Å². The van der Waals surface area contributed by atoms with Crippen LogP contribution in [0.3, 0.4) is 0 Å². The number of hydrogen-bond acceptors (Lipinski definition) is 2. The van der Waals surface area contributed by atoms with E-state index >= 15 is 0 Å². The van der Waals surface area contributed by atoms with Gasteiger partial charge in [0, 0.05) is 30.6 Å². The Bertz CT molecular complexity index is 702. The summed E-state index contributed by atoms with van der Waals surface area (Å²) in [6, 6.07) is 16.5. The standard InChI is InChI=1S/C20H23ClN2O/c1-23-14-16-8-9-18(21)11-17(16)12-19(23)13-22-20(24)10-7-15-5-3-2-4-6-15/h2-6,8-9,11,19H,7,10,12-14H2,1H3,(H,22,24). The first kappa shape index (κ1) is 17.0. The molecule has 0 fully saturated rings. The number of carbonyl (C=O) groups excluding carboxylic acids is 1. The van der Waals surface area contributed by atoms with Gasteiger partial charge in [0.05, 0.1) is 0 Å². The van der Waals surface area contributed by atoms with Crippen LogP contribution in [0, 0.1) is 0 Å². The molecule has 0 saturated carbocycles. The molecule has 3 rings (SSSR count). The smallest absolute Gasteiger partial charge is 0.220 e. The van der Waals surface area contributed by atoms with E-state index in [4.69, 9.17) is 11.6 Å². The molecule has 1 unspecified atom stereocenters. The van der Waals surface area contributed by atoms with Crippen LogP contribution in [0.15, 0.2) is 48.5 Å². The molecule has 4 heteroatoms. The second-order valence-corrected chi connectivity index (χ2v) is 6.91. The van der Waals surface area contributed by atoms with Gasteiger partial charge < -0.3 is 5.32 Å². The van der Waals surface area contributed by atoms with Gasteiger partial charge in [0.1, 0.15) is 0 Å². The summed E-state index contributed by atoms with van der Waals surface area (Å²) in [6.07, 6.45) is 2.24. The van der Waals surface area contributed by atoms with E-state index in [2.05, 4.69) is 35.5 Å². The van der Waals surface area contributed by atoms with Crippen molar-refractivity contribution in [1.82, 2.24) is 10.2 Å². The van der Waals surface area contributed by atoms with Crippen molar-refractivity contribution in [2.45, 2.75) is 31.8 Å². The molecule has 1 atom stereocenters. The minimum absolute atomic E-state index is 0.115. The zero-order valence-electron chi connectivity index (χ0n) is 14.0. The van der Waals surface area contributed by atoms with Gasteiger partial charge in [0.25, 0.3) is 0 Å². The van der Waals surface area contributed by atoms with Crippen molar-refractivity contribution in [3.63, 3.8) is 0 Å². The Morgan fingerprint density at radius 3 is 2.79 bits per heavy atom. The normalized spacial score (nSPS) is 17.3. The highest BCUT2D eigenvalue weighted by Crippen LogP contribution is 2.24. The van der Waals surface area contributed by atoms with Gasteiger partial charge in [-0.15, -0.1) is 0 Å². The fourth-order valence-electron chi connectivity index (χ4n) is 3.20. The van der Waals surface area contributed by atoms with E-state index in [0.29, 0.717) is 19.0 Å². The average Bonchev–Trinajstić information content (AvgIpc) is 2.59. The van der Waals surface area contributed by atoms with Gasteiger partial charge >= 0.3 is 0 Å². The Morgan fingerprint density at radius 2 is 2.00 bits per heavy atom. The average molecular weight is 343 g/mol. The van der Waals surface area contributed by atoms with Gasteiger partial charge in [-0.2, -0.15) is 0 Å². The number of aryl methyl sites for hydroxylation is 1. The number of rotatable bonds is 5. The molecular weight excluding hydrogens is 320 g/mol. The molecule has 24 heavy (non-hydrogen) atoms. The summed E-state index contributed by atoms with van der Waals surface area (Å²) in [6.45, 7) is 1.58. The summed E-state index contributed by atoms with van der Waals surface area (Å²) in [7, 11) is 2.11. The maximum absolute atomic E-state index is 12.1. The van der Waals surface area contributed by atoms with Crippen LogP contribution in [0.1, 0.15) is 23.1 Å². The Morgan fingerprint density at radius 1 is 1.21 bits per heavy atom. The highest BCUT2D eigenvalue weighted by molar-refractivity contribution is 6.30. The van der Waals surface area contributed by atoms with Gasteiger partial charge in [0.2, 0.25) is 5.91 Å². The van der Waals surface area contributed by atoms with Crippen LogP contribution in [-0.4, -0.2) is 30.4 Å². The molecule has 3 nitrogen and oxygen atoms in total. The van der Waals surface area contributed by atoms with Crippen LogP contribution in [0.5, 0.6) is 0 Å². The van der Waals surface area contributed by atoms with Gasteiger partial charge in [-0.1, -0.05) is 48.0 Å². The van der Waals surface area contributed by atoms with Gasteiger partial charge in [0.15, 0.2) is 0 Å². The number of nitrogens with zero attached hydrogens (tertiary/aromatic N) is 1. The molecule has 0 spiro atoms. The molecule has 0 bridgehead atoms. The summed E-state index contributed by atoms with van der Waals surface area (Å²) < 4.78 is 0. The number of likely N-dealkylation sites (N-methyl/N-ethyl adjacent to an activating group) is 1. The van der Waals surface area contributed by atoms with Crippen molar-refractivity contribution in [3.8, 4) is 0 Å². The van der Waals surface area contributed by atoms with E-state index in [1.807, 2.05) is 30.3 Å². The van der Waals surface area contributed by atoms with Crippen LogP contribution in [0.25, 0.3) is 0 Å². The van der Waals surface area contributed by atoms with Crippen molar-refractivity contribution in [2.75, 3.05) is 13.6 Å². The summed E-state index contributed by atoms with van der Waals surface area (Å²) in [4.78, 5) is 14.4. The quantitative estimate of drug-likeness (QED) is 0.902. The lowest BCUT2D eigenvalue weighted by Gasteiger charge is -2.34. The first-order valence-electron chi connectivity index (χ1n) is 8.40. The minimum Gasteiger partial charge on any atom is -0.355 e. The predicted molar refractivity (Wildman–Crippen MR) is 98.2 cm³/mol. The highest BCUT2D eigenvalue weighted by atomic mass is 35.5. The van der Waals surface area contributed by atoms with E-state index in [0.717, 1.165) is 24.4 Å². The predicted octanol–water partition coefficient (Wildman–Crippen LogP) is 3.45. The van der Waals surface area contributed by atoms with Crippen molar-refractivity contribution in [3.05, 3.63) is 70.2 Å². The lowest BCUT2D eigenvalue weighted by Crippen LogP contribution is -2.45. The molecule has 0 aliphatic carbocycles. The van der Waals surface area contributed by atoms with Gasteiger partial charge in [-0.3, -0.25) is 9.69 Å². The van der Waals surface area contributed by atoms with Crippen molar-refractivity contribution < 1.29 is 4.79 Å². The number of halogens is 1. The SMILES string of the molecule is CN1Cc2ccc(Cl)cc2CC1CNC(=O)CCc1ccccc1. The van der Waals surface area contributed by atoms with Crippen molar-refractivity contribution >= 4 is 17.5 Å². The summed E-state index contributed by atoms with van der Waals surface area (Å²) >= 11 is 6.10. The molecule has 0 saturated heterocycles. The van der Waals surface area contributed by atoms with E-state index in [1.165, 1.54) is 16.7 Å². The molecule has 1 heterocycles. The monoisotopic (exact) mass is 342 g/mol. The summed E-state index contributed by atoms with van der Waals surface area (Å²) in [5, 5.41) is 3.87. The summed E-state index contributed by atoms with van der Waals surface area (Å²) in [5.41, 5.74) is 3.82. The molecule has 2 aromatic rings. The maximum Gasteiger partial charge on any atom is 0.220 e. The second kappa shape index (κ2) is 7.82. The minimum atomic E-state index is 0.115.